The van der Waals surface area contributed by atoms with Gasteiger partial charge >= 0.3 is 0 Å². The maximum atomic E-state index is 12.1. The van der Waals surface area contributed by atoms with Crippen molar-refractivity contribution in [2.24, 2.45) is 0 Å². The van der Waals surface area contributed by atoms with Gasteiger partial charge in [0.2, 0.25) is 5.91 Å². The first-order chi connectivity index (χ1) is 12.2. The zero-order chi connectivity index (χ0) is 17.5. The van der Waals surface area contributed by atoms with Crippen molar-refractivity contribution >= 4 is 5.91 Å². The lowest BCUT2D eigenvalue weighted by atomic mass is 10.0. The van der Waals surface area contributed by atoms with Gasteiger partial charge in [-0.25, -0.2) is 4.68 Å². The fraction of sp³-hybridized carbons (Fsp3) is 0.500. The maximum Gasteiger partial charge on any atom is 0.224 e. The van der Waals surface area contributed by atoms with Gasteiger partial charge < -0.3 is 10.2 Å². The highest BCUT2D eigenvalue weighted by atomic mass is 16.1. The van der Waals surface area contributed by atoms with Crippen molar-refractivity contribution in [2.45, 2.75) is 45.1 Å². The molecule has 0 saturated carbocycles. The van der Waals surface area contributed by atoms with Gasteiger partial charge in [-0.05, 0) is 50.4 Å². The lowest BCUT2D eigenvalue weighted by molar-refractivity contribution is -0.120. The molecule has 25 heavy (non-hydrogen) atoms. The molecule has 1 unspecified atom stereocenters. The maximum absolute atomic E-state index is 12.1. The normalized spacial score (nSPS) is 18.2. The molecule has 1 saturated heterocycles. The van der Waals surface area contributed by atoms with Crippen LogP contribution in [0.15, 0.2) is 42.7 Å². The zero-order valence-electron chi connectivity index (χ0n) is 15.0. The summed E-state index contributed by atoms with van der Waals surface area (Å²) in [7, 11) is 0. The third kappa shape index (κ3) is 5.16. The van der Waals surface area contributed by atoms with Gasteiger partial charge in [0.1, 0.15) is 0 Å². The number of benzene rings is 1. The second-order valence-electron chi connectivity index (χ2n) is 6.89. The van der Waals surface area contributed by atoms with Gasteiger partial charge in [-0.2, -0.15) is 5.10 Å². The Hall–Kier alpha value is -2.14. The Kier molecular flexibility index (Phi) is 6.23. The number of hydrogen-bond donors (Lipinski definition) is 1. The van der Waals surface area contributed by atoms with Crippen LogP contribution < -0.4 is 5.32 Å². The predicted molar refractivity (Wildman–Crippen MR) is 99.8 cm³/mol. The molecule has 1 atom stereocenters. The molecule has 0 spiro atoms. The quantitative estimate of drug-likeness (QED) is 0.789. The van der Waals surface area contributed by atoms with E-state index >= 15 is 0 Å². The monoisotopic (exact) mass is 340 g/mol. The Morgan fingerprint density at radius 2 is 2.12 bits per heavy atom. The van der Waals surface area contributed by atoms with Gasteiger partial charge in [-0.1, -0.05) is 24.6 Å². The smallest absolute Gasteiger partial charge is 0.224 e. The minimum atomic E-state index is 0.0688. The van der Waals surface area contributed by atoms with Crippen molar-refractivity contribution in [2.75, 3.05) is 19.6 Å². The highest BCUT2D eigenvalue weighted by molar-refractivity contribution is 5.78. The van der Waals surface area contributed by atoms with Crippen LogP contribution in [-0.4, -0.2) is 46.3 Å². The van der Waals surface area contributed by atoms with Crippen molar-refractivity contribution in [3.63, 3.8) is 0 Å². The third-order valence-electron chi connectivity index (χ3n) is 4.91. The van der Waals surface area contributed by atoms with E-state index in [4.69, 9.17) is 0 Å². The van der Waals surface area contributed by atoms with Crippen molar-refractivity contribution in [3.8, 4) is 5.69 Å². The number of nitrogens with zero attached hydrogens (tertiary/aromatic N) is 3. The molecule has 2 heterocycles. The molecule has 1 aromatic carbocycles. The number of aromatic nitrogens is 2. The first-order valence-electron chi connectivity index (χ1n) is 9.32. The van der Waals surface area contributed by atoms with Crippen LogP contribution in [0.3, 0.4) is 0 Å². The second-order valence-corrected chi connectivity index (χ2v) is 6.89. The number of likely N-dealkylation sites (tertiary alicyclic amines) is 1. The molecule has 1 aliphatic rings. The summed E-state index contributed by atoms with van der Waals surface area (Å²) in [6.45, 7) is 5.33. The Labute approximate surface area is 150 Å². The third-order valence-corrected chi connectivity index (χ3v) is 4.91. The molecule has 1 fully saturated rings. The molecule has 0 bridgehead atoms. The second kappa shape index (κ2) is 8.81. The van der Waals surface area contributed by atoms with Crippen LogP contribution in [0.2, 0.25) is 0 Å². The summed E-state index contributed by atoms with van der Waals surface area (Å²) in [5, 5.41) is 7.37. The van der Waals surface area contributed by atoms with E-state index < -0.39 is 0 Å². The highest BCUT2D eigenvalue weighted by Gasteiger charge is 2.17. The molecule has 134 valence electrons. The van der Waals surface area contributed by atoms with Gasteiger partial charge in [0.05, 0.1) is 18.3 Å². The van der Waals surface area contributed by atoms with E-state index in [9.17, 15) is 4.79 Å². The van der Waals surface area contributed by atoms with E-state index in [-0.39, 0.29) is 5.91 Å². The summed E-state index contributed by atoms with van der Waals surface area (Å²) in [6, 6.07) is 10.6. The molecule has 1 N–H and O–H groups in total. The summed E-state index contributed by atoms with van der Waals surface area (Å²) in [6.07, 6.45) is 9.05. The fourth-order valence-electron chi connectivity index (χ4n) is 3.42. The molecule has 1 aromatic heterocycles. The van der Waals surface area contributed by atoms with Gasteiger partial charge in [0.25, 0.3) is 0 Å². The number of hydrogen-bond acceptors (Lipinski definition) is 3. The van der Waals surface area contributed by atoms with Crippen LogP contribution in [0.1, 0.15) is 38.2 Å². The Morgan fingerprint density at radius 1 is 1.28 bits per heavy atom. The zero-order valence-corrected chi connectivity index (χ0v) is 15.0. The fourth-order valence-corrected chi connectivity index (χ4v) is 3.42. The van der Waals surface area contributed by atoms with E-state index in [0.29, 0.717) is 12.5 Å². The number of carbonyl (C=O) groups excluding carboxylic acids is 1. The molecule has 5 heteroatoms. The summed E-state index contributed by atoms with van der Waals surface area (Å²) >= 11 is 0. The minimum absolute atomic E-state index is 0.0688. The largest absolute Gasteiger partial charge is 0.356 e. The van der Waals surface area contributed by atoms with Crippen LogP contribution in [0, 0.1) is 0 Å². The molecule has 3 rings (SSSR count). The standard InChI is InChI=1S/C20H28N4O/c1-17-8-5-6-12-23(17)13-7-11-21-20(25)14-18-15-22-24(16-18)19-9-3-2-4-10-19/h2-4,9-10,15-17H,5-8,11-14H2,1H3,(H,21,25). The Bertz CT molecular complexity index is 667. The molecule has 0 aliphatic carbocycles. The van der Waals surface area contributed by atoms with Gasteiger partial charge in [0, 0.05) is 25.3 Å². The number of carbonyl (C=O) groups is 1. The van der Waals surface area contributed by atoms with Crippen molar-refractivity contribution < 1.29 is 4.79 Å². The topological polar surface area (TPSA) is 50.2 Å². The number of nitrogens with one attached hydrogen (secondary N) is 1. The lowest BCUT2D eigenvalue weighted by Crippen LogP contribution is -2.39. The number of para-hydroxylation sites is 1. The minimum Gasteiger partial charge on any atom is -0.356 e. The molecule has 5 nitrogen and oxygen atoms in total. The lowest BCUT2D eigenvalue weighted by Gasteiger charge is -2.33. The van der Waals surface area contributed by atoms with E-state index in [1.54, 1.807) is 10.9 Å². The highest BCUT2D eigenvalue weighted by Crippen LogP contribution is 2.16. The van der Waals surface area contributed by atoms with Crippen molar-refractivity contribution in [3.05, 3.63) is 48.3 Å². The van der Waals surface area contributed by atoms with Crippen LogP contribution >= 0.6 is 0 Å². The van der Waals surface area contributed by atoms with Crippen molar-refractivity contribution in [1.29, 1.82) is 0 Å². The van der Waals surface area contributed by atoms with E-state index in [2.05, 4.69) is 22.2 Å². The molecular weight excluding hydrogens is 312 g/mol. The Morgan fingerprint density at radius 3 is 2.92 bits per heavy atom. The predicted octanol–water partition coefficient (Wildman–Crippen LogP) is 2.80. The molecule has 2 aromatic rings. The van der Waals surface area contributed by atoms with Crippen LogP contribution in [0.5, 0.6) is 0 Å². The summed E-state index contributed by atoms with van der Waals surface area (Å²) in [5.41, 5.74) is 1.94. The molecule has 1 aliphatic heterocycles. The Balaban J connectivity index is 1.39. The van der Waals surface area contributed by atoms with Crippen LogP contribution in [0.4, 0.5) is 0 Å². The van der Waals surface area contributed by atoms with Crippen molar-refractivity contribution in [1.82, 2.24) is 20.0 Å². The number of rotatable bonds is 7. The van der Waals surface area contributed by atoms with Gasteiger partial charge in [-0.3, -0.25) is 4.79 Å². The van der Waals surface area contributed by atoms with E-state index in [1.165, 1.54) is 25.8 Å². The molecular formula is C20H28N4O. The van der Waals surface area contributed by atoms with Crippen LogP contribution in [0.25, 0.3) is 5.69 Å². The average molecular weight is 340 g/mol. The van der Waals surface area contributed by atoms with E-state index in [0.717, 1.165) is 30.8 Å². The average Bonchev–Trinajstić information content (AvgIpc) is 3.09. The van der Waals surface area contributed by atoms with Gasteiger partial charge in [-0.15, -0.1) is 0 Å². The molecule has 1 amide bonds. The number of piperidine rings is 1. The van der Waals surface area contributed by atoms with Gasteiger partial charge in [0.15, 0.2) is 0 Å². The summed E-state index contributed by atoms with van der Waals surface area (Å²) < 4.78 is 1.81. The molecule has 0 radical (unpaired) electrons. The van der Waals surface area contributed by atoms with E-state index in [1.807, 2.05) is 36.5 Å². The summed E-state index contributed by atoms with van der Waals surface area (Å²) in [4.78, 5) is 14.7. The summed E-state index contributed by atoms with van der Waals surface area (Å²) in [5.74, 6) is 0.0688. The first kappa shape index (κ1) is 17.7. The SMILES string of the molecule is CC1CCCCN1CCCNC(=O)Cc1cnn(-c2ccccc2)c1. The number of amides is 1. The van der Waals surface area contributed by atoms with Crippen LogP contribution in [-0.2, 0) is 11.2 Å². The first-order valence-corrected chi connectivity index (χ1v) is 9.32.